The van der Waals surface area contributed by atoms with Crippen LogP contribution in [-0.4, -0.2) is 37.2 Å². The molecule has 0 radical (unpaired) electrons. The van der Waals surface area contributed by atoms with Crippen molar-refractivity contribution in [1.82, 2.24) is 0 Å². The van der Waals surface area contributed by atoms with E-state index in [1.165, 1.54) is 263 Å². The average molecular weight is 1000 g/mol. The van der Waals surface area contributed by atoms with Crippen LogP contribution in [0.1, 0.15) is 367 Å². The van der Waals surface area contributed by atoms with Gasteiger partial charge < -0.3 is 14.2 Å². The second kappa shape index (κ2) is 60.7. The van der Waals surface area contributed by atoms with Crippen molar-refractivity contribution in [1.29, 1.82) is 0 Å². The van der Waals surface area contributed by atoms with Gasteiger partial charge in [0, 0.05) is 19.3 Å². The minimum Gasteiger partial charge on any atom is -0.462 e. The van der Waals surface area contributed by atoms with E-state index in [1.807, 2.05) is 0 Å². The number of hydrogen-bond acceptors (Lipinski definition) is 6. The minimum absolute atomic E-state index is 0.0676. The van der Waals surface area contributed by atoms with Crippen LogP contribution < -0.4 is 0 Å². The minimum atomic E-state index is -0.768. The van der Waals surface area contributed by atoms with Gasteiger partial charge in [0.1, 0.15) is 13.2 Å². The van der Waals surface area contributed by atoms with E-state index in [4.69, 9.17) is 14.2 Å². The molecular weight excluding hydrogens is 877 g/mol. The van der Waals surface area contributed by atoms with Gasteiger partial charge in [-0.1, -0.05) is 315 Å². The van der Waals surface area contributed by atoms with Crippen LogP contribution in [0.2, 0.25) is 0 Å². The summed E-state index contributed by atoms with van der Waals surface area (Å²) in [6.07, 6.45) is 71.1. The van der Waals surface area contributed by atoms with Gasteiger partial charge in [0.15, 0.2) is 6.10 Å². The molecule has 1 atom stereocenters. The quantitative estimate of drug-likeness (QED) is 0.0261. The fraction of sp³-hybridized carbons (Fsp3) is 0.923. The Labute approximate surface area is 443 Å². The van der Waals surface area contributed by atoms with Gasteiger partial charge in [0.25, 0.3) is 0 Å². The van der Waals surface area contributed by atoms with E-state index in [9.17, 15) is 14.4 Å². The molecule has 0 saturated carbocycles. The van der Waals surface area contributed by atoms with Gasteiger partial charge in [-0.25, -0.2) is 0 Å². The molecule has 1 unspecified atom stereocenters. The number of carbonyl (C=O) groups is 3. The fourth-order valence-corrected chi connectivity index (χ4v) is 9.91. The second-order valence-corrected chi connectivity index (χ2v) is 22.0. The van der Waals surface area contributed by atoms with E-state index < -0.39 is 6.10 Å². The van der Waals surface area contributed by atoms with Crippen molar-refractivity contribution in [2.75, 3.05) is 13.2 Å². The molecule has 0 N–H and O–H groups in total. The molecule has 0 aromatic heterocycles. The normalized spacial score (nSPS) is 12.0. The largest absolute Gasteiger partial charge is 0.462 e. The monoisotopic (exact) mass is 1000 g/mol. The summed E-state index contributed by atoms with van der Waals surface area (Å²) in [5.74, 6) is -0.854. The van der Waals surface area contributed by atoms with E-state index >= 15 is 0 Å². The summed E-state index contributed by atoms with van der Waals surface area (Å²) < 4.78 is 16.9. The predicted octanol–water partition coefficient (Wildman–Crippen LogP) is 21.7. The summed E-state index contributed by atoms with van der Waals surface area (Å²) in [4.78, 5) is 38.1. The highest BCUT2D eigenvalue weighted by Crippen LogP contribution is 2.18. The van der Waals surface area contributed by atoms with Crippen molar-refractivity contribution in [3.05, 3.63) is 12.2 Å². The number of esters is 3. The van der Waals surface area contributed by atoms with Gasteiger partial charge in [-0.15, -0.1) is 0 Å². The van der Waals surface area contributed by atoms with Crippen LogP contribution in [-0.2, 0) is 28.6 Å². The predicted molar refractivity (Wildman–Crippen MR) is 307 cm³/mol. The van der Waals surface area contributed by atoms with Crippen LogP contribution >= 0.6 is 0 Å². The maximum absolute atomic E-state index is 12.8. The fourth-order valence-electron chi connectivity index (χ4n) is 9.91. The molecule has 420 valence electrons. The smallest absolute Gasteiger partial charge is 0.306 e. The zero-order valence-electron chi connectivity index (χ0n) is 48.3. The number of allylic oxidation sites excluding steroid dienone is 2. The summed E-state index contributed by atoms with van der Waals surface area (Å²) in [5, 5.41) is 0. The maximum atomic E-state index is 12.8. The first-order valence-corrected chi connectivity index (χ1v) is 32.2. The maximum Gasteiger partial charge on any atom is 0.306 e. The van der Waals surface area contributed by atoms with E-state index in [0.717, 1.165) is 64.2 Å². The zero-order valence-corrected chi connectivity index (χ0v) is 48.3. The third-order valence-corrected chi connectivity index (χ3v) is 14.8. The molecule has 6 nitrogen and oxygen atoms in total. The van der Waals surface area contributed by atoms with Crippen LogP contribution in [0.5, 0.6) is 0 Å². The Bertz CT molecular complexity index is 1100. The SMILES string of the molecule is CCCCCC/C=C\CCCCCCCC(=O)OC(COC(=O)CCCCCCCCCCCC)COC(=O)CCCCCCCCCCCCCCCCCCCCCCCCCCCCCCCC. The summed E-state index contributed by atoms with van der Waals surface area (Å²) in [7, 11) is 0. The molecule has 71 heavy (non-hydrogen) atoms. The Hall–Kier alpha value is -1.85. The highest BCUT2D eigenvalue weighted by Gasteiger charge is 2.19. The highest BCUT2D eigenvalue weighted by atomic mass is 16.6. The Morgan fingerprint density at radius 3 is 0.718 bits per heavy atom. The molecule has 0 aromatic rings. The Morgan fingerprint density at radius 1 is 0.268 bits per heavy atom. The molecule has 0 aliphatic rings. The van der Waals surface area contributed by atoms with Gasteiger partial charge in [-0.2, -0.15) is 0 Å². The van der Waals surface area contributed by atoms with Crippen LogP contribution in [0.3, 0.4) is 0 Å². The zero-order chi connectivity index (χ0) is 51.4. The molecule has 0 rings (SSSR count). The van der Waals surface area contributed by atoms with Crippen LogP contribution in [0, 0.1) is 0 Å². The first kappa shape index (κ1) is 69.2. The van der Waals surface area contributed by atoms with Gasteiger partial charge in [-0.05, 0) is 44.9 Å². The van der Waals surface area contributed by atoms with Crippen molar-refractivity contribution in [2.45, 2.75) is 374 Å². The Balaban J connectivity index is 4.02. The number of unbranched alkanes of at least 4 members (excludes halogenated alkanes) is 47. The number of ether oxygens (including phenoxy) is 3. The number of rotatable bonds is 60. The molecule has 0 heterocycles. The summed E-state index contributed by atoms with van der Waals surface area (Å²) >= 11 is 0. The third-order valence-electron chi connectivity index (χ3n) is 14.8. The lowest BCUT2D eigenvalue weighted by molar-refractivity contribution is -0.167. The highest BCUT2D eigenvalue weighted by molar-refractivity contribution is 5.71. The molecule has 0 aliphatic heterocycles. The van der Waals surface area contributed by atoms with E-state index in [1.54, 1.807) is 0 Å². The molecule has 6 heteroatoms. The molecule has 0 spiro atoms. The van der Waals surface area contributed by atoms with Gasteiger partial charge in [-0.3, -0.25) is 14.4 Å². The van der Waals surface area contributed by atoms with Crippen molar-refractivity contribution < 1.29 is 28.6 Å². The first-order chi connectivity index (χ1) is 35.0. The second-order valence-electron chi connectivity index (χ2n) is 22.0. The molecule has 0 saturated heterocycles. The number of hydrogen-bond donors (Lipinski definition) is 0. The van der Waals surface area contributed by atoms with Crippen molar-refractivity contribution in [3.63, 3.8) is 0 Å². The van der Waals surface area contributed by atoms with Gasteiger partial charge in [0.2, 0.25) is 0 Å². The van der Waals surface area contributed by atoms with Crippen LogP contribution in [0.25, 0.3) is 0 Å². The van der Waals surface area contributed by atoms with Crippen LogP contribution in [0.15, 0.2) is 12.2 Å². The third kappa shape index (κ3) is 58.9. The summed E-state index contributed by atoms with van der Waals surface area (Å²) in [6, 6.07) is 0. The molecule has 0 amide bonds. The lowest BCUT2D eigenvalue weighted by Crippen LogP contribution is -2.30. The van der Waals surface area contributed by atoms with Crippen molar-refractivity contribution >= 4 is 17.9 Å². The molecule has 0 aromatic carbocycles. The number of carbonyl (C=O) groups excluding carboxylic acids is 3. The average Bonchev–Trinajstić information content (AvgIpc) is 3.37. The summed E-state index contributed by atoms with van der Waals surface area (Å²) in [5.41, 5.74) is 0. The molecule has 0 bridgehead atoms. The Kier molecular flexibility index (Phi) is 59.1. The van der Waals surface area contributed by atoms with Crippen molar-refractivity contribution in [2.24, 2.45) is 0 Å². The lowest BCUT2D eigenvalue weighted by Gasteiger charge is -2.18. The van der Waals surface area contributed by atoms with Crippen LogP contribution in [0.4, 0.5) is 0 Å². The topological polar surface area (TPSA) is 78.9 Å². The first-order valence-electron chi connectivity index (χ1n) is 32.2. The molecular formula is C65H124O6. The lowest BCUT2D eigenvalue weighted by atomic mass is 10.0. The van der Waals surface area contributed by atoms with E-state index in [-0.39, 0.29) is 31.1 Å². The standard InChI is InChI=1S/C65H124O6/c1-4-7-10-13-16-19-22-24-25-26-27-28-29-30-31-32-33-34-35-36-37-38-39-40-42-43-46-49-52-55-58-64(67)70-61-62(60-69-63(66)57-54-51-48-45-21-18-15-12-9-6-3)71-65(68)59-56-53-50-47-44-41-23-20-17-14-11-8-5-2/h20,23,62H,4-19,21-22,24-61H2,1-3H3/b23-20-. The van der Waals surface area contributed by atoms with E-state index in [2.05, 4.69) is 32.9 Å². The van der Waals surface area contributed by atoms with Crippen molar-refractivity contribution in [3.8, 4) is 0 Å². The summed E-state index contributed by atoms with van der Waals surface area (Å²) in [6.45, 7) is 6.67. The van der Waals surface area contributed by atoms with Gasteiger partial charge in [0.05, 0.1) is 0 Å². The molecule has 0 aliphatic carbocycles. The molecule has 0 fully saturated rings. The Morgan fingerprint density at radius 2 is 0.465 bits per heavy atom. The van der Waals surface area contributed by atoms with E-state index in [0.29, 0.717) is 19.3 Å². The van der Waals surface area contributed by atoms with Gasteiger partial charge >= 0.3 is 17.9 Å².